The number of hydrogen-bond acceptors (Lipinski definition) is 6. The molecule has 4 N–H and O–H groups in total. The molecule has 0 unspecified atom stereocenters. The summed E-state index contributed by atoms with van der Waals surface area (Å²) in [5.74, 6) is 0.0832. The van der Waals surface area contributed by atoms with Crippen LogP contribution in [0, 0.1) is 17.3 Å². The van der Waals surface area contributed by atoms with Gasteiger partial charge in [0.15, 0.2) is 0 Å². The first kappa shape index (κ1) is 21.1. The fourth-order valence-corrected chi connectivity index (χ4v) is 6.51. The zero-order valence-corrected chi connectivity index (χ0v) is 18.0. The summed E-state index contributed by atoms with van der Waals surface area (Å²) >= 11 is 0. The van der Waals surface area contributed by atoms with Gasteiger partial charge in [-0.2, -0.15) is 5.11 Å². The molecule has 7 heteroatoms. The number of nitrogens with zero attached hydrogens (tertiary/aromatic N) is 2. The van der Waals surface area contributed by atoms with E-state index in [4.69, 9.17) is 5.11 Å². The number of aromatic hydroxyl groups is 1. The van der Waals surface area contributed by atoms with Crippen LogP contribution in [0.15, 0.2) is 46.6 Å². The second-order valence-electron chi connectivity index (χ2n) is 9.76. The number of aliphatic hydroxyl groups is 2. The Balaban J connectivity index is 1.45. The number of benzene rings is 2. The van der Waals surface area contributed by atoms with Crippen LogP contribution in [0.2, 0.25) is 0 Å². The zero-order chi connectivity index (χ0) is 22.6. The summed E-state index contributed by atoms with van der Waals surface area (Å²) in [6, 6.07) is 9.81. The van der Waals surface area contributed by atoms with E-state index in [2.05, 4.69) is 17.2 Å². The first-order valence-electron chi connectivity index (χ1n) is 11.3. The average molecular weight is 437 g/mol. The van der Waals surface area contributed by atoms with Crippen molar-refractivity contribution in [1.82, 2.24) is 0 Å². The molecule has 0 aromatic heterocycles. The molecule has 0 bridgehead atoms. The highest BCUT2D eigenvalue weighted by Gasteiger charge is 2.57. The number of phenols is 1. The normalized spacial score (nSPS) is 33.5. The van der Waals surface area contributed by atoms with Gasteiger partial charge in [0.25, 0.3) is 0 Å². The SMILES string of the molecule is C[C@]12CC[C@@H]3c4ccc(O)c(/N=N/c5ccc(C(=O)O)cc5)c4CC[C@H]3[C@@H]1C[C@@H](O)[C@@H]2O. The maximum absolute atomic E-state index is 11.0. The van der Waals surface area contributed by atoms with Crippen LogP contribution < -0.4 is 0 Å². The highest BCUT2D eigenvalue weighted by molar-refractivity contribution is 5.87. The van der Waals surface area contributed by atoms with Crippen molar-refractivity contribution in [2.45, 2.75) is 57.2 Å². The lowest BCUT2D eigenvalue weighted by Crippen LogP contribution is -2.44. The number of rotatable bonds is 3. The molecule has 0 radical (unpaired) electrons. The van der Waals surface area contributed by atoms with Gasteiger partial charge in [-0.15, -0.1) is 5.11 Å². The van der Waals surface area contributed by atoms with E-state index in [1.165, 1.54) is 17.7 Å². The molecule has 5 rings (SSSR count). The van der Waals surface area contributed by atoms with Crippen LogP contribution in [0.3, 0.4) is 0 Å². The Kier molecular flexibility index (Phi) is 5.06. The first-order valence-corrected chi connectivity index (χ1v) is 11.3. The quantitative estimate of drug-likeness (QED) is 0.520. The lowest BCUT2D eigenvalue weighted by Gasteiger charge is -2.50. The Hall–Kier alpha value is -2.77. The lowest BCUT2D eigenvalue weighted by atomic mass is 9.55. The van der Waals surface area contributed by atoms with Crippen molar-refractivity contribution in [2.24, 2.45) is 27.5 Å². The van der Waals surface area contributed by atoms with Gasteiger partial charge in [0.05, 0.1) is 23.5 Å². The first-order chi connectivity index (χ1) is 15.3. The lowest BCUT2D eigenvalue weighted by molar-refractivity contribution is -0.0505. The van der Waals surface area contributed by atoms with Crippen LogP contribution >= 0.6 is 0 Å². The highest BCUT2D eigenvalue weighted by Crippen LogP contribution is 2.61. The third-order valence-electron chi connectivity index (χ3n) is 8.21. The Morgan fingerprint density at radius 3 is 2.53 bits per heavy atom. The number of phenolic OH excluding ortho intramolecular Hbond substituents is 1. The number of aliphatic hydroxyl groups excluding tert-OH is 2. The van der Waals surface area contributed by atoms with E-state index in [0.29, 0.717) is 29.6 Å². The molecule has 3 aliphatic carbocycles. The van der Waals surface area contributed by atoms with Crippen molar-refractivity contribution in [3.05, 3.63) is 53.1 Å². The molecule has 2 aromatic carbocycles. The van der Waals surface area contributed by atoms with E-state index in [1.807, 2.05) is 6.07 Å². The number of hydrogen-bond donors (Lipinski definition) is 4. The third kappa shape index (κ3) is 3.22. The molecule has 7 nitrogen and oxygen atoms in total. The molecule has 0 saturated heterocycles. The molecule has 3 aliphatic rings. The van der Waals surface area contributed by atoms with E-state index in [1.54, 1.807) is 18.2 Å². The van der Waals surface area contributed by atoms with Crippen LogP contribution in [0.4, 0.5) is 11.4 Å². The molecular weight excluding hydrogens is 408 g/mol. The minimum Gasteiger partial charge on any atom is -0.506 e. The predicted octanol–water partition coefficient (Wildman–Crippen LogP) is 4.69. The standard InChI is InChI=1S/C25H28N2O5/c1-25-11-10-16-15-8-9-20(28)22(27-26-14-4-2-13(3-5-14)24(31)32)18(15)7-6-17(16)19(25)12-21(29)23(25)30/h2-5,8-9,16-17,19,21,23,28-30H,6-7,10-12H2,1H3,(H,31,32)/b27-26+/t16-,17-,19+,21-,23+,25+/m1/s1. The van der Waals surface area contributed by atoms with Crippen LogP contribution in [-0.2, 0) is 6.42 Å². The van der Waals surface area contributed by atoms with Crippen molar-refractivity contribution >= 4 is 17.3 Å². The summed E-state index contributed by atoms with van der Waals surface area (Å²) in [4.78, 5) is 11.0. The molecule has 0 spiro atoms. The van der Waals surface area contributed by atoms with Crippen molar-refractivity contribution in [3.8, 4) is 5.75 Å². The van der Waals surface area contributed by atoms with Gasteiger partial charge in [-0.3, -0.25) is 0 Å². The van der Waals surface area contributed by atoms with Gasteiger partial charge in [0, 0.05) is 0 Å². The maximum atomic E-state index is 11.0. The molecule has 2 fully saturated rings. The second-order valence-corrected chi connectivity index (χ2v) is 9.76. The van der Waals surface area contributed by atoms with E-state index in [-0.39, 0.29) is 22.6 Å². The molecule has 6 atom stereocenters. The molecular formula is C25H28N2O5. The van der Waals surface area contributed by atoms with Crippen molar-refractivity contribution < 1.29 is 25.2 Å². The summed E-state index contributed by atoms with van der Waals surface area (Å²) in [6.07, 6.45) is 2.82. The van der Waals surface area contributed by atoms with Gasteiger partial charge in [0.1, 0.15) is 11.4 Å². The predicted molar refractivity (Wildman–Crippen MR) is 118 cm³/mol. The van der Waals surface area contributed by atoms with Gasteiger partial charge >= 0.3 is 5.97 Å². The maximum Gasteiger partial charge on any atom is 0.335 e. The van der Waals surface area contributed by atoms with E-state index >= 15 is 0 Å². The minimum absolute atomic E-state index is 0.0838. The van der Waals surface area contributed by atoms with Gasteiger partial charge in [-0.1, -0.05) is 13.0 Å². The molecule has 0 heterocycles. The minimum atomic E-state index is -0.997. The Bertz CT molecular complexity index is 1080. The number of carbonyl (C=O) groups is 1. The Morgan fingerprint density at radius 2 is 1.81 bits per heavy atom. The van der Waals surface area contributed by atoms with Crippen LogP contribution in [0.5, 0.6) is 5.75 Å². The third-order valence-corrected chi connectivity index (χ3v) is 8.21. The summed E-state index contributed by atoms with van der Waals surface area (Å²) < 4.78 is 0. The average Bonchev–Trinajstić information content (AvgIpc) is 3.02. The largest absolute Gasteiger partial charge is 0.506 e. The number of azo groups is 1. The van der Waals surface area contributed by atoms with E-state index < -0.39 is 18.2 Å². The molecule has 2 saturated carbocycles. The zero-order valence-electron chi connectivity index (χ0n) is 18.0. The van der Waals surface area contributed by atoms with Gasteiger partial charge < -0.3 is 20.4 Å². The Labute approximate surface area is 186 Å². The number of fused-ring (bicyclic) bond motifs is 5. The summed E-state index contributed by atoms with van der Waals surface area (Å²) in [5, 5.41) is 49.1. The molecule has 168 valence electrons. The van der Waals surface area contributed by atoms with Gasteiger partial charge in [-0.05, 0) is 96.7 Å². The number of carboxylic acid groups (broad SMARTS) is 1. The van der Waals surface area contributed by atoms with Gasteiger partial charge in [-0.25, -0.2) is 4.79 Å². The van der Waals surface area contributed by atoms with Crippen LogP contribution in [-0.4, -0.2) is 38.6 Å². The van der Waals surface area contributed by atoms with Gasteiger partial charge in [0.2, 0.25) is 0 Å². The molecule has 0 aliphatic heterocycles. The van der Waals surface area contributed by atoms with Crippen molar-refractivity contribution in [3.63, 3.8) is 0 Å². The molecule has 0 amide bonds. The number of aromatic carboxylic acids is 1. The van der Waals surface area contributed by atoms with E-state index in [0.717, 1.165) is 31.2 Å². The van der Waals surface area contributed by atoms with Crippen molar-refractivity contribution in [1.29, 1.82) is 0 Å². The van der Waals surface area contributed by atoms with E-state index in [9.17, 15) is 20.1 Å². The van der Waals surface area contributed by atoms with Crippen LogP contribution in [0.1, 0.15) is 60.0 Å². The Morgan fingerprint density at radius 1 is 1.06 bits per heavy atom. The summed E-state index contributed by atoms with van der Waals surface area (Å²) in [5.41, 5.74) is 3.14. The molecule has 2 aromatic rings. The fourth-order valence-electron chi connectivity index (χ4n) is 6.51. The molecule has 32 heavy (non-hydrogen) atoms. The number of carboxylic acids is 1. The summed E-state index contributed by atoms with van der Waals surface area (Å²) in [6.45, 7) is 2.12. The summed E-state index contributed by atoms with van der Waals surface area (Å²) in [7, 11) is 0. The highest BCUT2D eigenvalue weighted by atomic mass is 16.4. The second kappa shape index (κ2) is 7.67. The fraction of sp³-hybridized carbons (Fsp3) is 0.480. The van der Waals surface area contributed by atoms with Crippen molar-refractivity contribution in [2.75, 3.05) is 0 Å². The topological polar surface area (TPSA) is 123 Å². The van der Waals surface area contributed by atoms with Crippen LogP contribution in [0.25, 0.3) is 0 Å². The monoisotopic (exact) mass is 436 g/mol. The smallest absolute Gasteiger partial charge is 0.335 e.